The van der Waals surface area contributed by atoms with Crippen molar-refractivity contribution in [1.82, 2.24) is 5.32 Å². The highest BCUT2D eigenvalue weighted by molar-refractivity contribution is 7.92. The van der Waals surface area contributed by atoms with Gasteiger partial charge in [-0.15, -0.1) is 0 Å². The molecule has 0 aliphatic heterocycles. The Morgan fingerprint density at radius 2 is 1.79 bits per heavy atom. The van der Waals surface area contributed by atoms with Gasteiger partial charge in [0.2, 0.25) is 15.9 Å². The van der Waals surface area contributed by atoms with Gasteiger partial charge in [-0.1, -0.05) is 36.8 Å². The first kappa shape index (κ1) is 22.7. The Morgan fingerprint density at radius 1 is 1.17 bits per heavy atom. The first-order valence-corrected chi connectivity index (χ1v) is 11.2. The van der Waals surface area contributed by atoms with Gasteiger partial charge in [0.25, 0.3) is 0 Å². The number of carbonyl (C=O) groups excluding carboxylic acids is 1. The van der Waals surface area contributed by atoms with E-state index in [9.17, 15) is 17.6 Å². The topological polar surface area (TPSA) is 75.7 Å². The number of nitrogens with zero attached hydrogens (tertiary/aromatic N) is 1. The summed E-state index contributed by atoms with van der Waals surface area (Å²) in [6.07, 6.45) is 1.14. The number of nitrogens with one attached hydrogen (secondary N) is 1. The largest absolute Gasteiger partial charge is 0.491 e. The second kappa shape index (κ2) is 9.73. The molecule has 0 radical (unpaired) electrons. The fourth-order valence-electron chi connectivity index (χ4n) is 2.90. The van der Waals surface area contributed by atoms with Crippen LogP contribution in [-0.4, -0.2) is 39.3 Å². The van der Waals surface area contributed by atoms with Gasteiger partial charge in [0, 0.05) is 0 Å². The predicted molar refractivity (Wildman–Crippen MR) is 112 cm³/mol. The highest BCUT2D eigenvalue weighted by Crippen LogP contribution is 2.25. The SMILES string of the molecule is CC[C@@H](C(=O)N[C@@H](C)COc1ccc(C)cc1)N(c1ccccc1F)S(C)(=O)=O. The summed E-state index contributed by atoms with van der Waals surface area (Å²) in [4.78, 5) is 12.8. The Labute approximate surface area is 171 Å². The molecule has 29 heavy (non-hydrogen) atoms. The van der Waals surface area contributed by atoms with Crippen LogP contribution in [-0.2, 0) is 14.8 Å². The summed E-state index contributed by atoms with van der Waals surface area (Å²) in [5, 5.41) is 2.76. The van der Waals surface area contributed by atoms with Gasteiger partial charge in [-0.25, -0.2) is 12.8 Å². The Kier molecular flexibility index (Phi) is 7.61. The summed E-state index contributed by atoms with van der Waals surface area (Å²) in [5.74, 6) is -0.547. The van der Waals surface area contributed by atoms with Gasteiger partial charge in [-0.05, 0) is 44.5 Å². The number of rotatable bonds is 9. The van der Waals surface area contributed by atoms with E-state index < -0.39 is 27.8 Å². The number of amides is 1. The molecule has 0 saturated heterocycles. The van der Waals surface area contributed by atoms with E-state index in [1.54, 1.807) is 13.8 Å². The van der Waals surface area contributed by atoms with Crippen molar-refractivity contribution in [2.75, 3.05) is 17.2 Å². The van der Waals surface area contributed by atoms with E-state index in [1.165, 1.54) is 18.2 Å². The van der Waals surface area contributed by atoms with Gasteiger partial charge in [-0.3, -0.25) is 9.10 Å². The Hall–Kier alpha value is -2.61. The van der Waals surface area contributed by atoms with Crippen LogP contribution in [0.5, 0.6) is 5.75 Å². The molecule has 0 heterocycles. The fraction of sp³-hybridized carbons (Fsp3) is 0.381. The number of hydrogen-bond donors (Lipinski definition) is 1. The molecule has 1 N–H and O–H groups in total. The first-order valence-electron chi connectivity index (χ1n) is 9.37. The summed E-state index contributed by atoms with van der Waals surface area (Å²) in [6.45, 7) is 5.62. The maximum absolute atomic E-state index is 14.3. The van der Waals surface area contributed by atoms with Crippen LogP contribution in [0, 0.1) is 12.7 Å². The number of para-hydroxylation sites is 1. The molecule has 2 aromatic carbocycles. The van der Waals surface area contributed by atoms with Crippen molar-refractivity contribution in [3.63, 3.8) is 0 Å². The Balaban J connectivity index is 2.12. The van der Waals surface area contributed by atoms with Crippen molar-refractivity contribution in [3.05, 3.63) is 59.9 Å². The number of benzene rings is 2. The molecule has 0 aliphatic carbocycles. The Bertz CT molecular complexity index is 932. The number of anilines is 1. The highest BCUT2D eigenvalue weighted by atomic mass is 32.2. The zero-order valence-corrected chi connectivity index (χ0v) is 17.9. The molecule has 2 atom stereocenters. The lowest BCUT2D eigenvalue weighted by molar-refractivity contribution is -0.123. The van der Waals surface area contributed by atoms with Crippen molar-refractivity contribution < 1.29 is 22.3 Å². The average Bonchev–Trinajstić information content (AvgIpc) is 2.65. The summed E-state index contributed by atoms with van der Waals surface area (Å²) in [6, 6.07) is 11.6. The van der Waals surface area contributed by atoms with E-state index >= 15 is 0 Å². The minimum absolute atomic E-state index is 0.152. The zero-order valence-electron chi connectivity index (χ0n) is 17.1. The standard InChI is InChI=1S/C21H27FN2O4S/c1-5-19(24(29(4,26)27)20-9-7-6-8-18(20)22)21(25)23-16(3)14-28-17-12-10-15(2)11-13-17/h6-13,16,19H,5,14H2,1-4H3,(H,23,25)/t16-,19-/m0/s1. The molecule has 0 unspecified atom stereocenters. The number of hydrogen-bond acceptors (Lipinski definition) is 4. The van der Waals surface area contributed by atoms with Crippen molar-refractivity contribution >= 4 is 21.6 Å². The average molecular weight is 423 g/mol. The molecule has 158 valence electrons. The normalized spacial score (nSPS) is 13.4. The van der Waals surface area contributed by atoms with Crippen molar-refractivity contribution in [2.24, 2.45) is 0 Å². The maximum atomic E-state index is 14.3. The van der Waals surface area contributed by atoms with Gasteiger partial charge in [0.05, 0.1) is 18.0 Å². The highest BCUT2D eigenvalue weighted by Gasteiger charge is 2.33. The first-order chi connectivity index (χ1) is 13.6. The smallest absolute Gasteiger partial charge is 0.244 e. The lowest BCUT2D eigenvalue weighted by atomic mass is 10.1. The Morgan fingerprint density at radius 3 is 2.34 bits per heavy atom. The van der Waals surface area contributed by atoms with Gasteiger partial charge < -0.3 is 10.1 Å². The minimum Gasteiger partial charge on any atom is -0.491 e. The van der Waals surface area contributed by atoms with E-state index in [2.05, 4.69) is 5.32 Å². The molecule has 0 saturated carbocycles. The van der Waals surface area contributed by atoms with Gasteiger partial charge in [0.15, 0.2) is 0 Å². The van der Waals surface area contributed by atoms with Gasteiger partial charge in [-0.2, -0.15) is 0 Å². The van der Waals surface area contributed by atoms with E-state index in [4.69, 9.17) is 4.74 Å². The molecule has 2 rings (SSSR count). The molecule has 8 heteroatoms. The van der Waals surface area contributed by atoms with Crippen molar-refractivity contribution in [2.45, 2.75) is 39.3 Å². The quantitative estimate of drug-likeness (QED) is 0.673. The van der Waals surface area contributed by atoms with E-state index in [0.29, 0.717) is 5.75 Å². The van der Waals surface area contributed by atoms with Crippen LogP contribution in [0.15, 0.2) is 48.5 Å². The molecular weight excluding hydrogens is 395 g/mol. The lowest BCUT2D eigenvalue weighted by Crippen LogP contribution is -2.52. The number of sulfonamides is 1. The van der Waals surface area contributed by atoms with Crippen molar-refractivity contribution in [3.8, 4) is 5.75 Å². The van der Waals surface area contributed by atoms with Crippen LogP contribution in [0.25, 0.3) is 0 Å². The monoisotopic (exact) mass is 422 g/mol. The maximum Gasteiger partial charge on any atom is 0.244 e. The van der Waals surface area contributed by atoms with E-state index in [0.717, 1.165) is 22.2 Å². The number of carbonyl (C=O) groups is 1. The molecule has 0 bridgehead atoms. The van der Waals surface area contributed by atoms with Crippen LogP contribution in [0.3, 0.4) is 0 Å². The molecule has 0 fully saturated rings. The lowest BCUT2D eigenvalue weighted by Gasteiger charge is -2.31. The number of halogens is 1. The molecule has 0 spiro atoms. The van der Waals surface area contributed by atoms with Crippen LogP contribution in [0.1, 0.15) is 25.8 Å². The third kappa shape index (κ3) is 6.19. The summed E-state index contributed by atoms with van der Waals surface area (Å²) in [5.41, 5.74) is 0.957. The van der Waals surface area contributed by atoms with Gasteiger partial charge >= 0.3 is 0 Å². The molecular formula is C21H27FN2O4S. The van der Waals surface area contributed by atoms with Crippen molar-refractivity contribution in [1.29, 1.82) is 0 Å². The summed E-state index contributed by atoms with van der Waals surface area (Å²) in [7, 11) is -3.89. The van der Waals surface area contributed by atoms with Crippen LogP contribution < -0.4 is 14.4 Å². The number of ether oxygens (including phenoxy) is 1. The van der Waals surface area contributed by atoms with E-state index in [1.807, 2.05) is 31.2 Å². The third-order valence-corrected chi connectivity index (χ3v) is 5.50. The zero-order chi connectivity index (χ0) is 21.6. The minimum atomic E-state index is -3.89. The van der Waals surface area contributed by atoms with Crippen LogP contribution in [0.2, 0.25) is 0 Å². The number of aryl methyl sites for hydroxylation is 1. The van der Waals surface area contributed by atoms with Crippen LogP contribution >= 0.6 is 0 Å². The molecule has 1 amide bonds. The van der Waals surface area contributed by atoms with Crippen LogP contribution in [0.4, 0.5) is 10.1 Å². The third-order valence-electron chi connectivity index (χ3n) is 4.33. The second-order valence-corrected chi connectivity index (χ2v) is 8.83. The molecule has 0 aliphatic rings. The van der Waals surface area contributed by atoms with Gasteiger partial charge in [0.1, 0.15) is 24.2 Å². The summed E-state index contributed by atoms with van der Waals surface area (Å²) < 4.78 is 45.5. The molecule has 0 aromatic heterocycles. The molecule has 6 nitrogen and oxygen atoms in total. The predicted octanol–water partition coefficient (Wildman–Crippen LogP) is 3.26. The summed E-state index contributed by atoms with van der Waals surface area (Å²) >= 11 is 0. The van der Waals surface area contributed by atoms with E-state index in [-0.39, 0.29) is 24.8 Å². The second-order valence-electron chi connectivity index (χ2n) is 6.97. The molecule has 2 aromatic rings. The fourth-order valence-corrected chi connectivity index (χ4v) is 4.11.